The molecule has 96 valence electrons. The van der Waals surface area contributed by atoms with Crippen LogP contribution in [-0.2, 0) is 4.74 Å². The van der Waals surface area contributed by atoms with Crippen molar-refractivity contribution in [2.24, 2.45) is 0 Å². The number of rotatable bonds is 5. The number of hydrogen-bond acceptors (Lipinski definition) is 2. The largest absolute Gasteiger partial charge is 0.384 e. The van der Waals surface area contributed by atoms with E-state index in [1.165, 1.54) is 11.1 Å². The molecular weight excluding hydrogens is 210 g/mol. The van der Waals surface area contributed by atoms with Crippen LogP contribution in [0.2, 0.25) is 0 Å². The fraction of sp³-hybridized carbons (Fsp3) is 0.600. The smallest absolute Gasteiger partial charge is 0.0543 e. The molecule has 0 saturated carbocycles. The van der Waals surface area contributed by atoms with Crippen LogP contribution in [0, 0.1) is 6.92 Å². The Hall–Kier alpha value is -0.860. The van der Waals surface area contributed by atoms with Crippen molar-refractivity contribution < 1.29 is 4.74 Å². The first-order chi connectivity index (χ1) is 7.92. The minimum Gasteiger partial charge on any atom is -0.384 e. The highest BCUT2D eigenvalue weighted by molar-refractivity contribution is 5.25. The van der Waals surface area contributed by atoms with Crippen molar-refractivity contribution in [1.82, 2.24) is 5.32 Å². The summed E-state index contributed by atoms with van der Waals surface area (Å²) in [6.07, 6.45) is 0. The number of methoxy groups -OCH3 is 1. The SMILES string of the molecule is COCC(CNC(C)(C)C)c1ccc(C)cc1. The summed E-state index contributed by atoms with van der Waals surface area (Å²) in [5.74, 6) is 0.417. The molecule has 0 heterocycles. The highest BCUT2D eigenvalue weighted by atomic mass is 16.5. The van der Waals surface area contributed by atoms with Crippen LogP contribution in [0.5, 0.6) is 0 Å². The van der Waals surface area contributed by atoms with Gasteiger partial charge in [-0.1, -0.05) is 29.8 Å². The molecule has 0 aliphatic heterocycles. The summed E-state index contributed by atoms with van der Waals surface area (Å²) in [4.78, 5) is 0. The van der Waals surface area contributed by atoms with Gasteiger partial charge in [0, 0.05) is 25.1 Å². The molecule has 1 unspecified atom stereocenters. The quantitative estimate of drug-likeness (QED) is 0.846. The summed E-state index contributed by atoms with van der Waals surface area (Å²) >= 11 is 0. The lowest BCUT2D eigenvalue weighted by Crippen LogP contribution is -2.39. The van der Waals surface area contributed by atoms with Gasteiger partial charge in [0.15, 0.2) is 0 Å². The highest BCUT2D eigenvalue weighted by Crippen LogP contribution is 2.17. The predicted molar refractivity (Wildman–Crippen MR) is 73.6 cm³/mol. The van der Waals surface area contributed by atoms with Gasteiger partial charge in [0.05, 0.1) is 6.61 Å². The Kier molecular flexibility index (Phi) is 5.16. The molecule has 1 N–H and O–H groups in total. The second kappa shape index (κ2) is 6.18. The molecular formula is C15H25NO. The van der Waals surface area contributed by atoms with Crippen molar-refractivity contribution in [2.75, 3.05) is 20.3 Å². The van der Waals surface area contributed by atoms with Gasteiger partial charge in [-0.05, 0) is 33.3 Å². The molecule has 0 aliphatic rings. The zero-order chi connectivity index (χ0) is 12.9. The first-order valence-corrected chi connectivity index (χ1v) is 6.23. The molecule has 0 aromatic heterocycles. The third kappa shape index (κ3) is 5.33. The van der Waals surface area contributed by atoms with E-state index in [0.29, 0.717) is 5.92 Å². The van der Waals surface area contributed by atoms with Gasteiger partial charge in [-0.15, -0.1) is 0 Å². The summed E-state index contributed by atoms with van der Waals surface area (Å²) in [7, 11) is 1.76. The van der Waals surface area contributed by atoms with Crippen molar-refractivity contribution in [3.63, 3.8) is 0 Å². The standard InChI is InChI=1S/C15H25NO/c1-12-6-8-13(9-7-12)14(11-17-5)10-16-15(2,3)4/h6-9,14,16H,10-11H2,1-5H3. The van der Waals surface area contributed by atoms with E-state index in [-0.39, 0.29) is 5.54 Å². The third-order valence-electron chi connectivity index (χ3n) is 2.80. The van der Waals surface area contributed by atoms with Crippen molar-refractivity contribution in [3.05, 3.63) is 35.4 Å². The first kappa shape index (κ1) is 14.2. The van der Waals surface area contributed by atoms with Crippen molar-refractivity contribution >= 4 is 0 Å². The van der Waals surface area contributed by atoms with Crippen LogP contribution in [0.4, 0.5) is 0 Å². The molecule has 1 aromatic carbocycles. The molecule has 1 atom stereocenters. The van der Waals surface area contributed by atoms with Gasteiger partial charge in [0.25, 0.3) is 0 Å². The maximum Gasteiger partial charge on any atom is 0.0543 e. The third-order valence-corrected chi connectivity index (χ3v) is 2.80. The lowest BCUT2D eigenvalue weighted by atomic mass is 9.97. The number of aryl methyl sites for hydroxylation is 1. The van der Waals surface area contributed by atoms with Gasteiger partial charge in [-0.2, -0.15) is 0 Å². The van der Waals surface area contributed by atoms with Crippen LogP contribution in [0.1, 0.15) is 37.8 Å². The lowest BCUT2D eigenvalue weighted by molar-refractivity contribution is 0.174. The number of ether oxygens (including phenoxy) is 1. The molecule has 0 amide bonds. The molecule has 2 nitrogen and oxygen atoms in total. The Labute approximate surface area is 105 Å². The molecule has 1 aromatic rings. The lowest BCUT2D eigenvalue weighted by Gasteiger charge is -2.25. The van der Waals surface area contributed by atoms with Crippen LogP contribution < -0.4 is 5.32 Å². The molecule has 1 rings (SSSR count). The van der Waals surface area contributed by atoms with Gasteiger partial charge in [0.2, 0.25) is 0 Å². The molecule has 0 saturated heterocycles. The van der Waals surface area contributed by atoms with Crippen LogP contribution in [-0.4, -0.2) is 25.8 Å². The molecule has 0 bridgehead atoms. The second-order valence-electron chi connectivity index (χ2n) is 5.69. The van der Waals surface area contributed by atoms with E-state index in [9.17, 15) is 0 Å². The first-order valence-electron chi connectivity index (χ1n) is 6.23. The summed E-state index contributed by atoms with van der Waals surface area (Å²) in [5.41, 5.74) is 2.79. The Balaban J connectivity index is 2.68. The van der Waals surface area contributed by atoms with Gasteiger partial charge in [-0.25, -0.2) is 0 Å². The van der Waals surface area contributed by atoms with E-state index >= 15 is 0 Å². The van der Waals surface area contributed by atoms with Crippen LogP contribution in [0.3, 0.4) is 0 Å². The minimum atomic E-state index is 0.149. The van der Waals surface area contributed by atoms with Crippen LogP contribution >= 0.6 is 0 Å². The summed E-state index contributed by atoms with van der Waals surface area (Å²) in [6, 6.07) is 8.72. The van der Waals surface area contributed by atoms with Crippen molar-refractivity contribution in [3.8, 4) is 0 Å². The second-order valence-corrected chi connectivity index (χ2v) is 5.69. The number of nitrogens with one attached hydrogen (secondary N) is 1. The van der Waals surface area contributed by atoms with E-state index in [4.69, 9.17) is 4.74 Å². The Morgan fingerprint density at radius 1 is 1.18 bits per heavy atom. The summed E-state index contributed by atoms with van der Waals surface area (Å²) in [5, 5.41) is 3.54. The Morgan fingerprint density at radius 3 is 2.24 bits per heavy atom. The number of hydrogen-bond donors (Lipinski definition) is 1. The van der Waals surface area contributed by atoms with E-state index < -0.39 is 0 Å². The van der Waals surface area contributed by atoms with Crippen LogP contribution in [0.15, 0.2) is 24.3 Å². The minimum absolute atomic E-state index is 0.149. The predicted octanol–water partition coefficient (Wildman–Crippen LogP) is 3.11. The normalized spacial score (nSPS) is 13.7. The zero-order valence-electron chi connectivity index (χ0n) is 11.7. The van der Waals surface area contributed by atoms with E-state index in [1.54, 1.807) is 7.11 Å². The monoisotopic (exact) mass is 235 g/mol. The molecule has 0 radical (unpaired) electrons. The average Bonchev–Trinajstić information content (AvgIpc) is 2.24. The fourth-order valence-electron chi connectivity index (χ4n) is 1.74. The maximum atomic E-state index is 5.31. The highest BCUT2D eigenvalue weighted by Gasteiger charge is 2.15. The van der Waals surface area contributed by atoms with Gasteiger partial charge in [-0.3, -0.25) is 0 Å². The van der Waals surface area contributed by atoms with E-state index in [0.717, 1.165) is 13.2 Å². The molecule has 0 spiro atoms. The summed E-state index contributed by atoms with van der Waals surface area (Å²) in [6.45, 7) is 10.4. The fourth-order valence-corrected chi connectivity index (χ4v) is 1.74. The zero-order valence-corrected chi connectivity index (χ0v) is 11.7. The molecule has 0 aliphatic carbocycles. The molecule has 17 heavy (non-hydrogen) atoms. The average molecular weight is 235 g/mol. The van der Waals surface area contributed by atoms with Gasteiger partial charge >= 0.3 is 0 Å². The van der Waals surface area contributed by atoms with Crippen LogP contribution in [0.25, 0.3) is 0 Å². The van der Waals surface area contributed by atoms with E-state index in [2.05, 4.69) is 57.3 Å². The maximum absolute atomic E-state index is 5.31. The summed E-state index contributed by atoms with van der Waals surface area (Å²) < 4.78 is 5.31. The van der Waals surface area contributed by atoms with Gasteiger partial charge in [0.1, 0.15) is 0 Å². The van der Waals surface area contributed by atoms with E-state index in [1.807, 2.05) is 0 Å². The molecule has 2 heteroatoms. The molecule has 0 fully saturated rings. The Morgan fingerprint density at radius 2 is 1.76 bits per heavy atom. The van der Waals surface area contributed by atoms with Gasteiger partial charge < -0.3 is 10.1 Å². The van der Waals surface area contributed by atoms with Crippen molar-refractivity contribution in [2.45, 2.75) is 39.2 Å². The Bertz CT molecular complexity index is 324. The van der Waals surface area contributed by atoms with Crippen molar-refractivity contribution in [1.29, 1.82) is 0 Å². The topological polar surface area (TPSA) is 21.3 Å². The number of benzene rings is 1.